The van der Waals surface area contributed by atoms with Crippen molar-refractivity contribution in [1.29, 1.82) is 0 Å². The molecule has 0 spiro atoms. The zero-order valence-corrected chi connectivity index (χ0v) is 13.5. The van der Waals surface area contributed by atoms with E-state index in [2.05, 4.69) is 10.6 Å². The maximum Gasteiger partial charge on any atom is 0.313 e. The minimum Gasteiger partial charge on any atom is -0.388 e. The Hall–Kier alpha value is -1.66. The molecule has 0 aliphatic carbocycles. The van der Waals surface area contributed by atoms with Crippen LogP contribution in [0.5, 0.6) is 0 Å². The molecule has 3 N–H and O–H groups in total. The number of aliphatic hydroxyl groups is 1. The molecule has 2 amide bonds. The molecule has 0 aromatic heterocycles. The van der Waals surface area contributed by atoms with Gasteiger partial charge in [0.05, 0.1) is 10.6 Å². The van der Waals surface area contributed by atoms with Crippen molar-refractivity contribution in [2.75, 3.05) is 11.9 Å². The fraction of sp³-hybridized carbons (Fsp3) is 0.467. The molecule has 1 rings (SSSR count). The third kappa shape index (κ3) is 4.96. The highest BCUT2D eigenvalue weighted by atomic mass is 35.5. The molecular weight excluding hydrogens is 311 g/mol. The molecule has 5 nitrogen and oxygen atoms in total. The normalized spacial score (nSPS) is 14.8. The Labute approximate surface area is 133 Å². The maximum atomic E-state index is 13.0. The predicted molar refractivity (Wildman–Crippen MR) is 83.1 cm³/mol. The van der Waals surface area contributed by atoms with Crippen molar-refractivity contribution < 1.29 is 19.1 Å². The lowest BCUT2D eigenvalue weighted by Crippen LogP contribution is -2.47. The summed E-state index contributed by atoms with van der Waals surface area (Å²) in [5.41, 5.74) is -0.899. The van der Waals surface area contributed by atoms with Crippen LogP contribution in [0.25, 0.3) is 0 Å². The van der Waals surface area contributed by atoms with Crippen LogP contribution in [0.1, 0.15) is 27.2 Å². The average Bonchev–Trinajstić information content (AvgIpc) is 2.47. The van der Waals surface area contributed by atoms with Gasteiger partial charge in [0.2, 0.25) is 0 Å². The summed E-state index contributed by atoms with van der Waals surface area (Å²) in [5.74, 6) is -2.45. The van der Waals surface area contributed by atoms with Crippen molar-refractivity contribution >= 4 is 29.1 Å². The summed E-state index contributed by atoms with van der Waals surface area (Å²) in [6.45, 7) is 5.33. The second kappa shape index (κ2) is 7.56. The molecule has 0 bridgehead atoms. The first-order valence-electron chi connectivity index (χ1n) is 6.94. The number of hydrogen-bond donors (Lipinski definition) is 3. The topological polar surface area (TPSA) is 78.4 Å². The SMILES string of the molecule is CCC(C)C(C)(O)CNC(=O)C(=O)Nc1ccc(F)c(Cl)c1. The summed E-state index contributed by atoms with van der Waals surface area (Å²) in [6.07, 6.45) is 0.739. The minimum atomic E-state index is -1.11. The Morgan fingerprint density at radius 1 is 1.41 bits per heavy atom. The van der Waals surface area contributed by atoms with Crippen LogP contribution < -0.4 is 10.6 Å². The van der Waals surface area contributed by atoms with Crippen molar-refractivity contribution in [3.63, 3.8) is 0 Å². The van der Waals surface area contributed by atoms with Crippen molar-refractivity contribution in [1.82, 2.24) is 5.32 Å². The third-order valence-electron chi connectivity index (χ3n) is 3.66. The van der Waals surface area contributed by atoms with Gasteiger partial charge >= 0.3 is 11.8 Å². The summed E-state index contributed by atoms with van der Waals surface area (Å²) in [7, 11) is 0. The Morgan fingerprint density at radius 3 is 2.59 bits per heavy atom. The van der Waals surface area contributed by atoms with Gasteiger partial charge in [-0.25, -0.2) is 4.39 Å². The van der Waals surface area contributed by atoms with Crippen molar-refractivity contribution in [2.24, 2.45) is 5.92 Å². The van der Waals surface area contributed by atoms with E-state index in [0.717, 1.165) is 12.5 Å². The second-order valence-electron chi connectivity index (χ2n) is 5.43. The van der Waals surface area contributed by atoms with Gasteiger partial charge in [0.1, 0.15) is 5.82 Å². The molecule has 0 aliphatic heterocycles. The van der Waals surface area contributed by atoms with Gasteiger partial charge in [-0.3, -0.25) is 9.59 Å². The van der Waals surface area contributed by atoms with Gasteiger partial charge in [-0.1, -0.05) is 31.9 Å². The van der Waals surface area contributed by atoms with Gasteiger partial charge in [0.25, 0.3) is 0 Å². The first-order chi connectivity index (χ1) is 10.2. The fourth-order valence-corrected chi connectivity index (χ4v) is 1.90. The molecule has 0 aliphatic rings. The number of hydrogen-bond acceptors (Lipinski definition) is 3. The molecule has 1 aromatic rings. The van der Waals surface area contributed by atoms with Crippen LogP contribution in [-0.2, 0) is 9.59 Å². The zero-order chi connectivity index (χ0) is 16.9. The van der Waals surface area contributed by atoms with Gasteiger partial charge in [-0.05, 0) is 31.0 Å². The van der Waals surface area contributed by atoms with Crippen molar-refractivity contribution in [3.8, 4) is 0 Å². The molecule has 22 heavy (non-hydrogen) atoms. The molecule has 1 aromatic carbocycles. The van der Waals surface area contributed by atoms with Crippen LogP contribution in [0.4, 0.5) is 10.1 Å². The third-order valence-corrected chi connectivity index (χ3v) is 3.95. The Kier molecular flexibility index (Phi) is 6.32. The summed E-state index contributed by atoms with van der Waals surface area (Å²) >= 11 is 5.59. The van der Waals surface area contributed by atoms with Crippen LogP contribution in [0.3, 0.4) is 0 Å². The first kappa shape index (κ1) is 18.4. The number of anilines is 1. The largest absolute Gasteiger partial charge is 0.388 e. The van der Waals surface area contributed by atoms with Crippen LogP contribution >= 0.6 is 11.6 Å². The quantitative estimate of drug-likeness (QED) is 0.725. The van der Waals surface area contributed by atoms with Gasteiger partial charge < -0.3 is 15.7 Å². The Bertz CT molecular complexity index is 564. The number of nitrogens with one attached hydrogen (secondary N) is 2. The second-order valence-corrected chi connectivity index (χ2v) is 5.84. The molecule has 0 heterocycles. The van der Waals surface area contributed by atoms with Crippen molar-refractivity contribution in [3.05, 3.63) is 29.0 Å². The van der Waals surface area contributed by atoms with E-state index < -0.39 is 23.2 Å². The van der Waals surface area contributed by atoms with E-state index in [1.807, 2.05) is 13.8 Å². The number of carbonyl (C=O) groups excluding carboxylic acids is 2. The number of benzene rings is 1. The first-order valence-corrected chi connectivity index (χ1v) is 7.31. The van der Waals surface area contributed by atoms with E-state index in [-0.39, 0.29) is 23.2 Å². The lowest BCUT2D eigenvalue weighted by atomic mass is 9.89. The minimum absolute atomic E-state index is 0.0354. The van der Waals surface area contributed by atoms with Gasteiger partial charge in [-0.15, -0.1) is 0 Å². The average molecular weight is 331 g/mol. The van der Waals surface area contributed by atoms with Gasteiger partial charge in [0.15, 0.2) is 0 Å². The highest BCUT2D eigenvalue weighted by Crippen LogP contribution is 2.20. The van der Waals surface area contributed by atoms with E-state index in [0.29, 0.717) is 0 Å². The van der Waals surface area contributed by atoms with E-state index >= 15 is 0 Å². The lowest BCUT2D eigenvalue weighted by molar-refractivity contribution is -0.137. The lowest BCUT2D eigenvalue weighted by Gasteiger charge is -2.29. The van der Waals surface area contributed by atoms with Crippen LogP contribution in [0.15, 0.2) is 18.2 Å². The van der Waals surface area contributed by atoms with E-state index in [1.54, 1.807) is 6.92 Å². The number of halogens is 2. The molecular formula is C15H20ClFN2O3. The molecule has 2 unspecified atom stereocenters. The van der Waals surface area contributed by atoms with E-state index in [9.17, 15) is 19.1 Å². The summed E-state index contributed by atoms with van der Waals surface area (Å²) in [4.78, 5) is 23.4. The Balaban J connectivity index is 2.59. The summed E-state index contributed by atoms with van der Waals surface area (Å²) < 4.78 is 13.0. The molecule has 0 saturated carbocycles. The van der Waals surface area contributed by atoms with Crippen LogP contribution in [-0.4, -0.2) is 29.1 Å². The van der Waals surface area contributed by atoms with Crippen LogP contribution in [0, 0.1) is 11.7 Å². The van der Waals surface area contributed by atoms with E-state index in [4.69, 9.17) is 11.6 Å². The number of rotatable bonds is 5. The predicted octanol–water partition coefficient (Wildman–Crippen LogP) is 2.33. The number of carbonyl (C=O) groups is 2. The maximum absolute atomic E-state index is 13.0. The standard InChI is InChI=1S/C15H20ClFN2O3/c1-4-9(2)15(3,22)8-18-13(20)14(21)19-10-5-6-12(17)11(16)7-10/h5-7,9,22H,4,8H2,1-3H3,(H,18,20)(H,19,21). The molecule has 7 heteroatoms. The van der Waals surface area contributed by atoms with Crippen molar-refractivity contribution in [2.45, 2.75) is 32.8 Å². The molecule has 122 valence electrons. The monoisotopic (exact) mass is 330 g/mol. The zero-order valence-electron chi connectivity index (χ0n) is 12.7. The molecule has 0 fully saturated rings. The van der Waals surface area contributed by atoms with Gasteiger partial charge in [-0.2, -0.15) is 0 Å². The molecule has 0 saturated heterocycles. The highest BCUT2D eigenvalue weighted by Gasteiger charge is 2.28. The Morgan fingerprint density at radius 2 is 2.05 bits per heavy atom. The summed E-state index contributed by atoms with van der Waals surface area (Å²) in [5, 5.41) is 14.7. The smallest absolute Gasteiger partial charge is 0.313 e. The van der Waals surface area contributed by atoms with E-state index in [1.165, 1.54) is 12.1 Å². The highest BCUT2D eigenvalue weighted by molar-refractivity contribution is 6.39. The fourth-order valence-electron chi connectivity index (χ4n) is 1.72. The molecule has 0 radical (unpaired) electrons. The summed E-state index contributed by atoms with van der Waals surface area (Å²) in [6, 6.07) is 3.59. The van der Waals surface area contributed by atoms with Crippen LogP contribution in [0.2, 0.25) is 5.02 Å². The van der Waals surface area contributed by atoms with Gasteiger partial charge in [0, 0.05) is 12.2 Å². The number of amides is 2. The molecule has 2 atom stereocenters.